The molecule has 0 aromatic carbocycles. The summed E-state index contributed by atoms with van der Waals surface area (Å²) < 4.78 is 5.01. The summed E-state index contributed by atoms with van der Waals surface area (Å²) in [4.78, 5) is 39.0. The molecule has 9 heteroatoms. The van der Waals surface area contributed by atoms with Gasteiger partial charge in [0.1, 0.15) is 0 Å². The van der Waals surface area contributed by atoms with Crippen molar-refractivity contribution in [3.05, 3.63) is 18.0 Å². The monoisotopic (exact) mass is 376 g/mol. The van der Waals surface area contributed by atoms with E-state index in [-0.39, 0.29) is 18.0 Å². The number of likely N-dealkylation sites (tertiary alicyclic amines) is 1. The fourth-order valence-electron chi connectivity index (χ4n) is 3.30. The predicted octanol–water partition coefficient (Wildman–Crippen LogP) is 0.579. The van der Waals surface area contributed by atoms with E-state index in [9.17, 15) is 9.59 Å². The highest BCUT2D eigenvalue weighted by atomic mass is 16.6. The Morgan fingerprint density at radius 1 is 1.11 bits per heavy atom. The molecule has 0 atom stereocenters. The SMILES string of the molecule is CCOC(=O)N1CCC(NC(=O)c2cnc(N3CCN(C)CC3)nc2)CC1. The Balaban J connectivity index is 1.48. The van der Waals surface area contributed by atoms with Crippen LogP contribution in [0.2, 0.25) is 0 Å². The zero-order valence-electron chi connectivity index (χ0n) is 16.1. The van der Waals surface area contributed by atoms with Gasteiger partial charge >= 0.3 is 6.09 Å². The van der Waals surface area contributed by atoms with Crippen LogP contribution in [0.25, 0.3) is 0 Å². The van der Waals surface area contributed by atoms with E-state index in [4.69, 9.17) is 4.74 Å². The van der Waals surface area contributed by atoms with Crippen molar-refractivity contribution in [2.45, 2.75) is 25.8 Å². The van der Waals surface area contributed by atoms with Crippen LogP contribution in [0.5, 0.6) is 0 Å². The molecule has 2 aliphatic heterocycles. The third-order valence-electron chi connectivity index (χ3n) is 5.04. The van der Waals surface area contributed by atoms with Crippen molar-refractivity contribution in [2.75, 3.05) is 57.8 Å². The smallest absolute Gasteiger partial charge is 0.409 e. The summed E-state index contributed by atoms with van der Waals surface area (Å²) in [5.41, 5.74) is 0.459. The van der Waals surface area contributed by atoms with Gasteiger partial charge in [-0.05, 0) is 26.8 Å². The normalized spacial score (nSPS) is 19.0. The minimum absolute atomic E-state index is 0.0421. The first-order chi connectivity index (χ1) is 13.1. The molecule has 9 nitrogen and oxygen atoms in total. The number of rotatable bonds is 4. The number of likely N-dealkylation sites (N-methyl/N-ethyl adjacent to an activating group) is 1. The number of nitrogens with zero attached hydrogens (tertiary/aromatic N) is 5. The molecule has 1 aromatic rings. The second-order valence-electron chi connectivity index (χ2n) is 7.00. The lowest BCUT2D eigenvalue weighted by atomic mass is 10.1. The number of amides is 2. The van der Waals surface area contributed by atoms with Gasteiger partial charge in [-0.3, -0.25) is 4.79 Å². The zero-order valence-corrected chi connectivity index (χ0v) is 16.1. The highest BCUT2D eigenvalue weighted by molar-refractivity contribution is 5.93. The molecular weight excluding hydrogens is 348 g/mol. The summed E-state index contributed by atoms with van der Waals surface area (Å²) in [7, 11) is 2.10. The number of carbonyl (C=O) groups excluding carboxylic acids is 2. The Morgan fingerprint density at radius 2 is 1.74 bits per heavy atom. The van der Waals surface area contributed by atoms with Crippen molar-refractivity contribution < 1.29 is 14.3 Å². The molecule has 3 rings (SSSR count). The maximum absolute atomic E-state index is 12.4. The number of piperazine rings is 1. The van der Waals surface area contributed by atoms with Gasteiger partial charge in [-0.1, -0.05) is 0 Å². The number of piperidine rings is 1. The van der Waals surface area contributed by atoms with E-state index < -0.39 is 0 Å². The molecule has 0 unspecified atom stereocenters. The number of hydrogen-bond donors (Lipinski definition) is 1. The molecule has 0 aliphatic carbocycles. The molecular formula is C18H28N6O3. The van der Waals surface area contributed by atoms with Crippen LogP contribution in [-0.4, -0.2) is 90.7 Å². The van der Waals surface area contributed by atoms with Crippen LogP contribution in [0.3, 0.4) is 0 Å². The van der Waals surface area contributed by atoms with Gasteiger partial charge in [0.15, 0.2) is 0 Å². The average molecular weight is 376 g/mol. The van der Waals surface area contributed by atoms with Crippen molar-refractivity contribution in [1.82, 2.24) is 25.1 Å². The van der Waals surface area contributed by atoms with Crippen molar-refractivity contribution in [1.29, 1.82) is 0 Å². The summed E-state index contributed by atoms with van der Waals surface area (Å²) in [6, 6.07) is 0.0421. The van der Waals surface area contributed by atoms with Gasteiger partial charge in [-0.25, -0.2) is 14.8 Å². The van der Waals surface area contributed by atoms with E-state index in [0.29, 0.717) is 44.0 Å². The van der Waals surface area contributed by atoms with Crippen LogP contribution in [-0.2, 0) is 4.74 Å². The lowest BCUT2D eigenvalue weighted by molar-refractivity contribution is 0.0859. The van der Waals surface area contributed by atoms with Gasteiger partial charge in [0, 0.05) is 57.7 Å². The number of ether oxygens (including phenoxy) is 1. The molecule has 2 saturated heterocycles. The quantitative estimate of drug-likeness (QED) is 0.822. The molecule has 1 N–H and O–H groups in total. The lowest BCUT2D eigenvalue weighted by Crippen LogP contribution is -2.46. The Kier molecular flexibility index (Phi) is 6.44. The number of nitrogens with one attached hydrogen (secondary N) is 1. The van der Waals surface area contributed by atoms with Gasteiger partial charge in [0.25, 0.3) is 5.91 Å². The Morgan fingerprint density at radius 3 is 2.33 bits per heavy atom. The molecule has 2 fully saturated rings. The summed E-state index contributed by atoms with van der Waals surface area (Å²) in [5, 5.41) is 3.01. The average Bonchev–Trinajstić information content (AvgIpc) is 2.69. The van der Waals surface area contributed by atoms with Gasteiger partial charge < -0.3 is 24.8 Å². The largest absolute Gasteiger partial charge is 0.450 e. The third-order valence-corrected chi connectivity index (χ3v) is 5.04. The number of carbonyl (C=O) groups is 2. The minimum Gasteiger partial charge on any atom is -0.450 e. The standard InChI is InChI=1S/C18H28N6O3/c1-3-27-18(26)24-6-4-15(5-7-24)21-16(25)14-12-19-17(20-13-14)23-10-8-22(2)9-11-23/h12-13,15H,3-11H2,1-2H3,(H,21,25). The maximum atomic E-state index is 12.4. The van der Waals surface area contributed by atoms with E-state index in [2.05, 4.69) is 32.1 Å². The molecule has 0 bridgehead atoms. The Labute approximate surface area is 159 Å². The van der Waals surface area contributed by atoms with Crippen molar-refractivity contribution >= 4 is 17.9 Å². The lowest BCUT2D eigenvalue weighted by Gasteiger charge is -2.32. The van der Waals surface area contributed by atoms with Crippen LogP contribution in [0.15, 0.2) is 12.4 Å². The molecule has 3 heterocycles. The Bertz CT molecular complexity index is 637. The number of anilines is 1. The summed E-state index contributed by atoms with van der Waals surface area (Å²) in [6.07, 6.45) is 4.32. The van der Waals surface area contributed by atoms with Crippen LogP contribution in [0, 0.1) is 0 Å². The first-order valence-corrected chi connectivity index (χ1v) is 9.55. The second kappa shape index (κ2) is 8.98. The summed E-state index contributed by atoms with van der Waals surface area (Å²) in [6.45, 7) is 7.08. The Hall–Kier alpha value is -2.42. The molecule has 2 amide bonds. The van der Waals surface area contributed by atoms with Gasteiger partial charge in [-0.2, -0.15) is 0 Å². The molecule has 0 saturated carbocycles. The van der Waals surface area contributed by atoms with E-state index in [1.54, 1.807) is 24.2 Å². The predicted molar refractivity (Wildman–Crippen MR) is 101 cm³/mol. The topological polar surface area (TPSA) is 90.9 Å². The highest BCUT2D eigenvalue weighted by Gasteiger charge is 2.25. The van der Waals surface area contributed by atoms with E-state index in [1.165, 1.54) is 0 Å². The van der Waals surface area contributed by atoms with Gasteiger partial charge in [0.2, 0.25) is 5.95 Å². The van der Waals surface area contributed by atoms with Gasteiger partial charge in [-0.15, -0.1) is 0 Å². The second-order valence-corrected chi connectivity index (χ2v) is 7.00. The molecule has 2 aliphatic rings. The van der Waals surface area contributed by atoms with Crippen molar-refractivity contribution in [2.24, 2.45) is 0 Å². The van der Waals surface area contributed by atoms with E-state index >= 15 is 0 Å². The third kappa shape index (κ3) is 5.06. The van der Waals surface area contributed by atoms with Crippen LogP contribution < -0.4 is 10.2 Å². The zero-order chi connectivity index (χ0) is 19.2. The number of hydrogen-bond acceptors (Lipinski definition) is 7. The fraction of sp³-hybridized carbons (Fsp3) is 0.667. The van der Waals surface area contributed by atoms with E-state index in [1.807, 2.05) is 0 Å². The fourth-order valence-corrected chi connectivity index (χ4v) is 3.30. The van der Waals surface area contributed by atoms with Crippen molar-refractivity contribution in [3.63, 3.8) is 0 Å². The highest BCUT2D eigenvalue weighted by Crippen LogP contribution is 2.13. The van der Waals surface area contributed by atoms with Crippen LogP contribution in [0.4, 0.5) is 10.7 Å². The van der Waals surface area contributed by atoms with Crippen molar-refractivity contribution in [3.8, 4) is 0 Å². The first-order valence-electron chi connectivity index (χ1n) is 9.55. The van der Waals surface area contributed by atoms with Crippen LogP contribution in [0.1, 0.15) is 30.1 Å². The molecule has 0 spiro atoms. The maximum Gasteiger partial charge on any atom is 0.409 e. The molecule has 0 radical (unpaired) electrons. The molecule has 148 valence electrons. The summed E-state index contributed by atoms with van der Waals surface area (Å²) in [5.74, 6) is 0.497. The van der Waals surface area contributed by atoms with Crippen LogP contribution >= 0.6 is 0 Å². The van der Waals surface area contributed by atoms with Gasteiger partial charge in [0.05, 0.1) is 12.2 Å². The number of aromatic nitrogens is 2. The summed E-state index contributed by atoms with van der Waals surface area (Å²) >= 11 is 0. The van der Waals surface area contributed by atoms with E-state index in [0.717, 1.165) is 26.2 Å². The molecule has 27 heavy (non-hydrogen) atoms. The minimum atomic E-state index is -0.282. The first kappa shape index (κ1) is 19.3. The molecule has 1 aromatic heterocycles.